The normalized spacial score (nSPS) is 11.7. The minimum atomic E-state index is -4.40. The summed E-state index contributed by atoms with van der Waals surface area (Å²) in [4.78, 5) is 11.0. The van der Waals surface area contributed by atoms with Gasteiger partial charge in [0.05, 0.1) is 5.56 Å². The first-order valence-corrected chi connectivity index (χ1v) is 8.47. The van der Waals surface area contributed by atoms with E-state index in [0.29, 0.717) is 36.0 Å². The summed E-state index contributed by atoms with van der Waals surface area (Å²) in [6.07, 6.45) is -3.39. The number of carboxylic acid groups (broad SMARTS) is 1. The van der Waals surface area contributed by atoms with E-state index in [2.05, 4.69) is 5.32 Å². The summed E-state index contributed by atoms with van der Waals surface area (Å²) in [5.41, 5.74) is 1.29. The number of anilines is 1. The molecule has 0 saturated heterocycles. The number of nitrogens with one attached hydrogen (secondary N) is 1. The Morgan fingerprint density at radius 3 is 2.59 bits per heavy atom. The summed E-state index contributed by atoms with van der Waals surface area (Å²) in [5.74, 6) is -1.31. The highest BCUT2D eigenvalue weighted by Gasteiger charge is 2.33. The number of hydrogen-bond donors (Lipinski definition) is 2. The average Bonchev–Trinajstić information content (AvgIpc) is 3.04. The van der Waals surface area contributed by atoms with Gasteiger partial charge in [-0.25, -0.2) is 4.79 Å². The number of rotatable bonds is 6. The predicted octanol–water partition coefficient (Wildman–Crippen LogP) is 5.71. The Kier molecular flexibility index (Phi) is 5.12. The summed E-state index contributed by atoms with van der Waals surface area (Å²) in [6.45, 7) is 2.14. The standard InChI is InChI=1S/C20H18F3NO3/c1-2-3-13-5-6-15(10-16(13)20(21,22)23)24-11-12-4-7-17-14(8-12)9-18(27-17)19(25)26/h4-10,24H,2-3,11H2,1H3,(H,25,26). The minimum Gasteiger partial charge on any atom is -0.475 e. The molecule has 2 N–H and O–H groups in total. The third kappa shape index (κ3) is 4.24. The van der Waals surface area contributed by atoms with E-state index in [0.717, 1.165) is 11.6 Å². The molecule has 0 aliphatic rings. The fraction of sp³-hybridized carbons (Fsp3) is 0.250. The lowest BCUT2D eigenvalue weighted by atomic mass is 10.0. The van der Waals surface area contributed by atoms with Gasteiger partial charge in [-0.05, 0) is 47.9 Å². The number of carbonyl (C=O) groups is 1. The van der Waals surface area contributed by atoms with Crippen LogP contribution in [-0.2, 0) is 19.1 Å². The number of hydrogen-bond acceptors (Lipinski definition) is 3. The van der Waals surface area contributed by atoms with Gasteiger partial charge >= 0.3 is 12.1 Å². The number of fused-ring (bicyclic) bond motifs is 1. The molecule has 0 radical (unpaired) electrons. The monoisotopic (exact) mass is 377 g/mol. The van der Waals surface area contributed by atoms with Crippen LogP contribution in [0.5, 0.6) is 0 Å². The molecule has 1 heterocycles. The van der Waals surface area contributed by atoms with Crippen molar-refractivity contribution >= 4 is 22.6 Å². The molecule has 4 nitrogen and oxygen atoms in total. The van der Waals surface area contributed by atoms with Crippen molar-refractivity contribution < 1.29 is 27.5 Å². The van der Waals surface area contributed by atoms with E-state index in [9.17, 15) is 18.0 Å². The molecule has 0 aliphatic heterocycles. The van der Waals surface area contributed by atoms with Crippen molar-refractivity contribution in [2.75, 3.05) is 5.32 Å². The second-order valence-corrected chi connectivity index (χ2v) is 6.26. The topological polar surface area (TPSA) is 62.5 Å². The summed E-state index contributed by atoms with van der Waals surface area (Å²) < 4.78 is 45.0. The van der Waals surface area contributed by atoms with Crippen LogP contribution in [0.15, 0.2) is 46.9 Å². The highest BCUT2D eigenvalue weighted by Crippen LogP contribution is 2.34. The Bertz CT molecular complexity index is 976. The lowest BCUT2D eigenvalue weighted by Crippen LogP contribution is -2.10. The molecule has 3 aromatic rings. The Labute approximate surface area is 153 Å². The first kappa shape index (κ1) is 18.8. The third-order valence-electron chi connectivity index (χ3n) is 4.22. The van der Waals surface area contributed by atoms with Gasteiger partial charge in [-0.1, -0.05) is 25.5 Å². The summed E-state index contributed by atoms with van der Waals surface area (Å²) in [6, 6.07) is 10.8. The van der Waals surface area contributed by atoms with Gasteiger partial charge in [0.15, 0.2) is 0 Å². The van der Waals surface area contributed by atoms with Crippen LogP contribution in [0.3, 0.4) is 0 Å². The maximum Gasteiger partial charge on any atom is 0.416 e. The second kappa shape index (κ2) is 7.34. The Hall–Kier alpha value is -2.96. The van der Waals surface area contributed by atoms with Gasteiger partial charge in [-0.3, -0.25) is 0 Å². The molecule has 1 aromatic heterocycles. The maximum atomic E-state index is 13.3. The fourth-order valence-electron chi connectivity index (χ4n) is 2.95. The summed E-state index contributed by atoms with van der Waals surface area (Å²) in [7, 11) is 0. The fourth-order valence-corrected chi connectivity index (χ4v) is 2.95. The molecule has 0 spiro atoms. The van der Waals surface area contributed by atoms with E-state index in [1.54, 1.807) is 24.3 Å². The molecule has 0 bridgehead atoms. The smallest absolute Gasteiger partial charge is 0.416 e. The highest BCUT2D eigenvalue weighted by molar-refractivity contribution is 5.91. The quantitative estimate of drug-likeness (QED) is 0.577. The van der Waals surface area contributed by atoms with Gasteiger partial charge in [0, 0.05) is 17.6 Å². The van der Waals surface area contributed by atoms with Crippen LogP contribution >= 0.6 is 0 Å². The molecular formula is C20H18F3NO3. The number of furan rings is 1. The number of benzene rings is 2. The van der Waals surface area contributed by atoms with Gasteiger partial charge in [0.2, 0.25) is 5.76 Å². The molecule has 0 saturated carbocycles. The lowest BCUT2D eigenvalue weighted by molar-refractivity contribution is -0.138. The minimum absolute atomic E-state index is 0.156. The summed E-state index contributed by atoms with van der Waals surface area (Å²) in [5, 5.41) is 12.6. The van der Waals surface area contributed by atoms with E-state index >= 15 is 0 Å². The van der Waals surface area contributed by atoms with Crippen LogP contribution in [0.2, 0.25) is 0 Å². The maximum absolute atomic E-state index is 13.3. The molecule has 0 fully saturated rings. The number of aromatic carboxylic acids is 1. The van der Waals surface area contributed by atoms with Crippen LogP contribution in [0.25, 0.3) is 11.0 Å². The number of aryl methyl sites for hydroxylation is 1. The zero-order chi connectivity index (χ0) is 19.6. The van der Waals surface area contributed by atoms with E-state index in [1.165, 1.54) is 12.1 Å². The molecule has 7 heteroatoms. The van der Waals surface area contributed by atoms with Crippen molar-refractivity contribution in [2.45, 2.75) is 32.5 Å². The predicted molar refractivity (Wildman–Crippen MR) is 95.9 cm³/mol. The molecule has 27 heavy (non-hydrogen) atoms. The van der Waals surface area contributed by atoms with Crippen LogP contribution < -0.4 is 5.32 Å². The molecule has 0 unspecified atom stereocenters. The molecule has 0 amide bonds. The molecule has 142 valence electrons. The van der Waals surface area contributed by atoms with E-state index in [4.69, 9.17) is 9.52 Å². The number of halogens is 3. The molecule has 2 aromatic carbocycles. The zero-order valence-electron chi connectivity index (χ0n) is 14.6. The highest BCUT2D eigenvalue weighted by atomic mass is 19.4. The lowest BCUT2D eigenvalue weighted by Gasteiger charge is -2.15. The molecule has 0 atom stereocenters. The molecular weight excluding hydrogens is 359 g/mol. The van der Waals surface area contributed by atoms with Crippen molar-refractivity contribution in [1.82, 2.24) is 0 Å². The Morgan fingerprint density at radius 1 is 1.15 bits per heavy atom. The van der Waals surface area contributed by atoms with Gasteiger partial charge in [0.25, 0.3) is 0 Å². The van der Waals surface area contributed by atoms with Gasteiger partial charge < -0.3 is 14.8 Å². The second-order valence-electron chi connectivity index (χ2n) is 6.26. The molecule has 3 rings (SSSR count). The van der Waals surface area contributed by atoms with E-state index < -0.39 is 17.7 Å². The van der Waals surface area contributed by atoms with Gasteiger partial charge in [-0.2, -0.15) is 13.2 Å². The van der Waals surface area contributed by atoms with E-state index in [1.807, 2.05) is 6.92 Å². The zero-order valence-corrected chi connectivity index (χ0v) is 14.6. The Morgan fingerprint density at radius 2 is 1.93 bits per heavy atom. The first-order chi connectivity index (χ1) is 12.8. The van der Waals surface area contributed by atoms with Crippen LogP contribution in [0.1, 0.15) is 40.6 Å². The third-order valence-corrected chi connectivity index (χ3v) is 4.22. The number of carboxylic acids is 1. The van der Waals surface area contributed by atoms with Crippen LogP contribution in [-0.4, -0.2) is 11.1 Å². The first-order valence-electron chi connectivity index (χ1n) is 8.47. The van der Waals surface area contributed by atoms with Crippen molar-refractivity contribution in [3.63, 3.8) is 0 Å². The molecule has 0 aliphatic carbocycles. The van der Waals surface area contributed by atoms with Crippen molar-refractivity contribution in [3.05, 3.63) is 64.9 Å². The van der Waals surface area contributed by atoms with Gasteiger partial charge in [0.1, 0.15) is 5.58 Å². The SMILES string of the molecule is CCCc1ccc(NCc2ccc3oc(C(=O)O)cc3c2)cc1C(F)(F)F. The summed E-state index contributed by atoms with van der Waals surface area (Å²) >= 11 is 0. The average molecular weight is 377 g/mol. The van der Waals surface area contributed by atoms with E-state index in [-0.39, 0.29) is 11.3 Å². The van der Waals surface area contributed by atoms with Crippen molar-refractivity contribution in [3.8, 4) is 0 Å². The van der Waals surface area contributed by atoms with Crippen molar-refractivity contribution in [1.29, 1.82) is 0 Å². The van der Waals surface area contributed by atoms with Crippen LogP contribution in [0.4, 0.5) is 18.9 Å². The van der Waals surface area contributed by atoms with Gasteiger partial charge in [-0.15, -0.1) is 0 Å². The Balaban J connectivity index is 1.80. The van der Waals surface area contributed by atoms with Crippen molar-refractivity contribution in [2.24, 2.45) is 0 Å². The van der Waals surface area contributed by atoms with Crippen LogP contribution in [0, 0.1) is 0 Å². The largest absolute Gasteiger partial charge is 0.475 e. The number of alkyl halides is 3.